The average Bonchev–Trinajstić information content (AvgIpc) is 3.24. The van der Waals surface area contributed by atoms with E-state index in [0.29, 0.717) is 11.3 Å². The van der Waals surface area contributed by atoms with Crippen LogP contribution in [0, 0.1) is 5.92 Å². The Morgan fingerprint density at radius 3 is 2.50 bits per heavy atom. The molecule has 0 bridgehead atoms. The molecule has 1 aromatic carbocycles. The second-order valence-corrected chi connectivity index (χ2v) is 5.87. The highest BCUT2D eigenvalue weighted by atomic mass is 16.1. The van der Waals surface area contributed by atoms with E-state index in [2.05, 4.69) is 9.80 Å². The van der Waals surface area contributed by atoms with Crippen LogP contribution in [0.25, 0.3) is 0 Å². The van der Waals surface area contributed by atoms with E-state index in [1.165, 1.54) is 19.4 Å². The lowest BCUT2D eigenvalue weighted by Gasteiger charge is -2.36. The molecule has 1 aromatic rings. The van der Waals surface area contributed by atoms with Crippen molar-refractivity contribution in [2.45, 2.75) is 12.8 Å². The molecule has 108 valence electrons. The van der Waals surface area contributed by atoms with Crippen LogP contribution in [0.15, 0.2) is 18.2 Å². The minimum absolute atomic E-state index is 0.410. The summed E-state index contributed by atoms with van der Waals surface area (Å²) in [6.07, 6.45) is 2.79. The molecule has 2 aliphatic rings. The van der Waals surface area contributed by atoms with Crippen LogP contribution in [0.2, 0.25) is 0 Å². The molecule has 1 aliphatic carbocycles. The fourth-order valence-corrected chi connectivity index (χ4v) is 2.86. The first kappa shape index (κ1) is 13.2. The van der Waals surface area contributed by atoms with Crippen LogP contribution in [-0.2, 0) is 0 Å². The summed E-state index contributed by atoms with van der Waals surface area (Å²) in [5, 5.41) is 0. The number of carbonyl (C=O) groups is 1. The van der Waals surface area contributed by atoms with E-state index in [0.717, 1.165) is 37.8 Å². The number of nitrogen functional groups attached to an aromatic ring is 1. The second-order valence-electron chi connectivity index (χ2n) is 5.87. The maximum atomic E-state index is 11.6. The summed E-state index contributed by atoms with van der Waals surface area (Å²) >= 11 is 0. The van der Waals surface area contributed by atoms with Gasteiger partial charge in [-0.05, 0) is 37.0 Å². The highest BCUT2D eigenvalue weighted by molar-refractivity contribution is 5.99. The zero-order chi connectivity index (χ0) is 14.1. The van der Waals surface area contributed by atoms with Gasteiger partial charge < -0.3 is 16.4 Å². The molecule has 0 unspecified atom stereocenters. The fraction of sp³-hybridized carbons (Fsp3) is 0.533. The molecule has 1 heterocycles. The Labute approximate surface area is 119 Å². The highest BCUT2D eigenvalue weighted by Gasteiger charge is 2.27. The monoisotopic (exact) mass is 274 g/mol. The van der Waals surface area contributed by atoms with Gasteiger partial charge in [-0.2, -0.15) is 0 Å². The van der Waals surface area contributed by atoms with Gasteiger partial charge in [0, 0.05) is 44.1 Å². The number of benzene rings is 1. The van der Waals surface area contributed by atoms with E-state index in [-0.39, 0.29) is 0 Å². The maximum Gasteiger partial charge on any atom is 0.250 e. The predicted octanol–water partition coefficient (Wildman–Crippen LogP) is 0.900. The van der Waals surface area contributed by atoms with Crippen molar-refractivity contribution in [3.8, 4) is 0 Å². The molecule has 1 saturated carbocycles. The van der Waals surface area contributed by atoms with Crippen LogP contribution >= 0.6 is 0 Å². The number of anilines is 2. The van der Waals surface area contributed by atoms with E-state index in [4.69, 9.17) is 11.5 Å². The van der Waals surface area contributed by atoms with Gasteiger partial charge in [-0.15, -0.1) is 0 Å². The molecule has 20 heavy (non-hydrogen) atoms. The zero-order valence-electron chi connectivity index (χ0n) is 11.7. The highest BCUT2D eigenvalue weighted by Crippen LogP contribution is 2.30. The Hall–Kier alpha value is -1.75. The van der Waals surface area contributed by atoms with Crippen LogP contribution in [0.4, 0.5) is 11.4 Å². The first-order valence-corrected chi connectivity index (χ1v) is 7.30. The third kappa shape index (κ3) is 2.88. The van der Waals surface area contributed by atoms with Gasteiger partial charge >= 0.3 is 0 Å². The molecular formula is C15H22N4O. The Bertz CT molecular complexity index is 505. The molecule has 4 N–H and O–H groups in total. The number of amides is 1. The van der Waals surface area contributed by atoms with Gasteiger partial charge in [0.05, 0.1) is 5.56 Å². The van der Waals surface area contributed by atoms with E-state index in [1.807, 2.05) is 12.1 Å². The van der Waals surface area contributed by atoms with E-state index < -0.39 is 5.91 Å². The zero-order valence-corrected chi connectivity index (χ0v) is 11.7. The summed E-state index contributed by atoms with van der Waals surface area (Å²) < 4.78 is 0. The maximum absolute atomic E-state index is 11.6. The first-order chi connectivity index (χ1) is 9.63. The number of rotatable bonds is 4. The summed E-state index contributed by atoms with van der Waals surface area (Å²) in [6, 6.07) is 5.42. The number of piperazine rings is 1. The van der Waals surface area contributed by atoms with E-state index >= 15 is 0 Å². The Morgan fingerprint density at radius 1 is 1.20 bits per heavy atom. The lowest BCUT2D eigenvalue weighted by molar-refractivity contribution is 0.100. The topological polar surface area (TPSA) is 75.6 Å². The molecule has 0 aromatic heterocycles. The third-order valence-corrected chi connectivity index (χ3v) is 4.21. The Morgan fingerprint density at radius 2 is 1.90 bits per heavy atom. The standard InChI is InChI=1S/C15H22N4O/c16-12-3-4-14(13(9-12)15(17)20)19-7-5-18(6-8-19)10-11-1-2-11/h3-4,9,11H,1-2,5-8,10,16H2,(H2,17,20). The summed E-state index contributed by atoms with van der Waals surface area (Å²) in [5.41, 5.74) is 13.2. The molecular weight excluding hydrogens is 252 g/mol. The van der Waals surface area contributed by atoms with Gasteiger partial charge in [-0.3, -0.25) is 9.69 Å². The molecule has 1 amide bonds. The van der Waals surface area contributed by atoms with E-state index in [9.17, 15) is 4.79 Å². The van der Waals surface area contributed by atoms with Gasteiger partial charge in [-0.25, -0.2) is 0 Å². The molecule has 0 spiro atoms. The van der Waals surface area contributed by atoms with Gasteiger partial charge in [0.15, 0.2) is 0 Å². The number of carbonyl (C=O) groups excluding carboxylic acids is 1. The Balaban J connectivity index is 1.69. The summed E-state index contributed by atoms with van der Waals surface area (Å²) in [4.78, 5) is 16.3. The van der Waals surface area contributed by atoms with Crippen LogP contribution in [0.5, 0.6) is 0 Å². The van der Waals surface area contributed by atoms with Crippen molar-refractivity contribution in [1.82, 2.24) is 4.90 Å². The minimum atomic E-state index is -0.410. The average molecular weight is 274 g/mol. The van der Waals surface area contributed by atoms with Crippen molar-refractivity contribution in [3.05, 3.63) is 23.8 Å². The minimum Gasteiger partial charge on any atom is -0.399 e. The van der Waals surface area contributed by atoms with Crippen molar-refractivity contribution < 1.29 is 4.79 Å². The number of nitrogens with zero attached hydrogens (tertiary/aromatic N) is 2. The van der Waals surface area contributed by atoms with Crippen molar-refractivity contribution in [3.63, 3.8) is 0 Å². The summed E-state index contributed by atoms with van der Waals surface area (Å²) in [7, 11) is 0. The number of hydrogen-bond donors (Lipinski definition) is 2. The van der Waals surface area contributed by atoms with Crippen LogP contribution in [0.1, 0.15) is 23.2 Å². The normalized spacial score (nSPS) is 20.1. The summed E-state index contributed by atoms with van der Waals surface area (Å²) in [6.45, 7) is 5.23. The lowest BCUT2D eigenvalue weighted by Crippen LogP contribution is -2.47. The van der Waals surface area contributed by atoms with Gasteiger partial charge in [0.25, 0.3) is 5.91 Å². The SMILES string of the molecule is NC(=O)c1cc(N)ccc1N1CCN(CC2CC2)CC1. The van der Waals surface area contributed by atoms with Gasteiger partial charge in [0.2, 0.25) is 0 Å². The fourth-order valence-electron chi connectivity index (χ4n) is 2.86. The number of nitrogens with two attached hydrogens (primary N) is 2. The lowest BCUT2D eigenvalue weighted by atomic mass is 10.1. The first-order valence-electron chi connectivity index (χ1n) is 7.30. The van der Waals surface area contributed by atoms with Gasteiger partial charge in [0.1, 0.15) is 0 Å². The van der Waals surface area contributed by atoms with Crippen LogP contribution in [0.3, 0.4) is 0 Å². The smallest absolute Gasteiger partial charge is 0.250 e. The molecule has 2 fully saturated rings. The van der Waals surface area contributed by atoms with E-state index in [1.54, 1.807) is 6.07 Å². The quantitative estimate of drug-likeness (QED) is 0.800. The van der Waals surface area contributed by atoms with Crippen molar-refractivity contribution in [2.24, 2.45) is 11.7 Å². The number of primary amides is 1. The molecule has 1 saturated heterocycles. The molecule has 3 rings (SSSR count). The van der Waals surface area contributed by atoms with Crippen molar-refractivity contribution >= 4 is 17.3 Å². The van der Waals surface area contributed by atoms with Crippen LogP contribution in [-0.4, -0.2) is 43.5 Å². The molecule has 0 atom stereocenters. The largest absolute Gasteiger partial charge is 0.399 e. The molecule has 5 heteroatoms. The second kappa shape index (κ2) is 5.32. The molecule has 1 aliphatic heterocycles. The Kier molecular flexibility index (Phi) is 3.53. The number of hydrogen-bond acceptors (Lipinski definition) is 4. The third-order valence-electron chi connectivity index (χ3n) is 4.21. The predicted molar refractivity (Wildman–Crippen MR) is 80.7 cm³/mol. The summed E-state index contributed by atoms with van der Waals surface area (Å²) in [5.74, 6) is 0.520. The van der Waals surface area contributed by atoms with Gasteiger partial charge in [-0.1, -0.05) is 0 Å². The molecule has 0 radical (unpaired) electrons. The van der Waals surface area contributed by atoms with Crippen molar-refractivity contribution in [1.29, 1.82) is 0 Å². The van der Waals surface area contributed by atoms with Crippen LogP contribution < -0.4 is 16.4 Å². The van der Waals surface area contributed by atoms with Crippen molar-refractivity contribution in [2.75, 3.05) is 43.4 Å². The molecule has 5 nitrogen and oxygen atoms in total.